The number of imidazole rings is 1. The topological polar surface area (TPSA) is 40.7 Å². The molecule has 0 bridgehead atoms. The van der Waals surface area contributed by atoms with Crippen molar-refractivity contribution in [2.75, 3.05) is 5.32 Å². The Morgan fingerprint density at radius 1 is 1.11 bits per heavy atom. The molecule has 0 saturated carbocycles. The molecule has 1 aromatic heterocycles. The third kappa shape index (κ3) is 2.67. The van der Waals surface area contributed by atoms with Crippen LogP contribution in [-0.4, -0.2) is 15.0 Å². The number of benzene rings is 2. The lowest BCUT2D eigenvalue weighted by molar-refractivity contribution is 1.29. The molecule has 0 amide bonds. The molecule has 5 heteroatoms. The number of nitrogens with zero attached hydrogens (tertiary/aromatic N) is 1. The Kier molecular flexibility index (Phi) is 3.31. The van der Waals surface area contributed by atoms with Crippen LogP contribution >= 0.6 is 28.1 Å². The number of H-pyrrole nitrogens is 1. The first-order valence-electron chi connectivity index (χ1n) is 5.74. The summed E-state index contributed by atoms with van der Waals surface area (Å²) in [6.07, 6.45) is 0. The van der Waals surface area contributed by atoms with Gasteiger partial charge in [-0.2, -0.15) is 0 Å². The van der Waals surface area contributed by atoms with Gasteiger partial charge in [0.05, 0.1) is 11.0 Å². The summed E-state index contributed by atoms with van der Waals surface area (Å²) in [5.41, 5.74) is 2.84. The number of para-hydroxylation sites is 2. The van der Waals surface area contributed by atoms with Crippen molar-refractivity contribution < 1.29 is 0 Å². The van der Waals surface area contributed by atoms with Gasteiger partial charge in [0.25, 0.3) is 0 Å². The summed E-state index contributed by atoms with van der Waals surface area (Å²) in [6, 6.07) is 15.7. The van der Waals surface area contributed by atoms with E-state index in [4.69, 9.17) is 12.2 Å². The van der Waals surface area contributed by atoms with Crippen LogP contribution in [0.25, 0.3) is 11.0 Å². The first-order chi connectivity index (χ1) is 9.22. The summed E-state index contributed by atoms with van der Waals surface area (Å²) in [4.78, 5) is 8.24. The number of hydrogen-bond acceptors (Lipinski definition) is 2. The van der Waals surface area contributed by atoms with E-state index < -0.39 is 0 Å². The van der Waals surface area contributed by atoms with Crippen LogP contribution in [-0.2, 0) is 0 Å². The van der Waals surface area contributed by atoms with Crippen LogP contribution in [0.2, 0.25) is 0 Å². The molecular weight excluding hydrogens is 322 g/mol. The summed E-state index contributed by atoms with van der Waals surface area (Å²) in [7, 11) is 0. The standard InChI is InChI=1S/C14H10BrN3S/c15-9-5-7-10(8-6-9)16-14(19)13-17-11-3-1-2-4-12(11)18-13/h1-8H,(H,16,19)(H,17,18). The molecule has 2 aromatic carbocycles. The number of anilines is 1. The molecule has 2 N–H and O–H groups in total. The number of aromatic amines is 1. The molecule has 3 aromatic rings. The van der Waals surface area contributed by atoms with Gasteiger partial charge in [-0.3, -0.25) is 0 Å². The minimum absolute atomic E-state index is 0.582. The quantitative estimate of drug-likeness (QED) is 0.694. The SMILES string of the molecule is S=C(Nc1ccc(Br)cc1)c1nc2ccccc2[nH]1. The fourth-order valence-electron chi connectivity index (χ4n) is 1.78. The lowest BCUT2D eigenvalue weighted by Gasteiger charge is -2.05. The van der Waals surface area contributed by atoms with E-state index in [0.717, 1.165) is 21.2 Å². The molecule has 19 heavy (non-hydrogen) atoms. The molecule has 0 unspecified atom stereocenters. The second-order valence-corrected chi connectivity index (χ2v) is 5.39. The Balaban J connectivity index is 1.85. The highest BCUT2D eigenvalue weighted by atomic mass is 79.9. The van der Waals surface area contributed by atoms with Gasteiger partial charge in [-0.05, 0) is 36.4 Å². The van der Waals surface area contributed by atoms with Crippen LogP contribution in [0.3, 0.4) is 0 Å². The predicted molar refractivity (Wildman–Crippen MR) is 85.6 cm³/mol. The summed E-state index contributed by atoms with van der Waals surface area (Å²) in [5.74, 6) is 0.680. The van der Waals surface area contributed by atoms with Crippen molar-refractivity contribution in [3.63, 3.8) is 0 Å². The van der Waals surface area contributed by atoms with Crippen molar-refractivity contribution >= 4 is 49.9 Å². The van der Waals surface area contributed by atoms with Crippen molar-refractivity contribution in [2.24, 2.45) is 0 Å². The molecule has 0 aliphatic rings. The molecule has 94 valence electrons. The summed E-state index contributed by atoms with van der Waals surface area (Å²) < 4.78 is 1.03. The van der Waals surface area contributed by atoms with Crippen molar-refractivity contribution in [3.05, 3.63) is 58.8 Å². The maximum Gasteiger partial charge on any atom is 0.166 e. The maximum atomic E-state index is 5.36. The fourth-order valence-corrected chi connectivity index (χ4v) is 2.26. The van der Waals surface area contributed by atoms with Gasteiger partial charge in [-0.1, -0.05) is 40.3 Å². The molecular formula is C14H10BrN3S. The Hall–Kier alpha value is -1.72. The normalized spacial score (nSPS) is 10.6. The molecule has 3 nitrogen and oxygen atoms in total. The van der Waals surface area contributed by atoms with Gasteiger partial charge in [0.1, 0.15) is 4.99 Å². The summed E-state index contributed by atoms with van der Waals surface area (Å²) in [6.45, 7) is 0. The lowest BCUT2D eigenvalue weighted by atomic mass is 10.3. The first kappa shape index (κ1) is 12.3. The minimum Gasteiger partial charge on any atom is -0.344 e. The molecule has 0 saturated heterocycles. The van der Waals surface area contributed by atoms with E-state index in [1.165, 1.54) is 0 Å². The Bertz CT molecular complexity index is 701. The van der Waals surface area contributed by atoms with Crippen molar-refractivity contribution in [1.29, 1.82) is 0 Å². The average Bonchev–Trinajstić information content (AvgIpc) is 2.85. The van der Waals surface area contributed by atoms with E-state index in [9.17, 15) is 0 Å². The Labute approximate surface area is 124 Å². The smallest absolute Gasteiger partial charge is 0.166 e. The largest absolute Gasteiger partial charge is 0.344 e. The van der Waals surface area contributed by atoms with Gasteiger partial charge in [-0.15, -0.1) is 0 Å². The van der Waals surface area contributed by atoms with Crippen molar-refractivity contribution in [2.45, 2.75) is 0 Å². The van der Waals surface area contributed by atoms with E-state index >= 15 is 0 Å². The van der Waals surface area contributed by atoms with Crippen molar-refractivity contribution in [3.8, 4) is 0 Å². The zero-order valence-corrected chi connectivity index (χ0v) is 12.3. The zero-order chi connectivity index (χ0) is 13.2. The highest BCUT2D eigenvalue weighted by molar-refractivity contribution is 9.10. The van der Waals surface area contributed by atoms with E-state index in [-0.39, 0.29) is 0 Å². The molecule has 0 fully saturated rings. The number of halogens is 1. The van der Waals surface area contributed by atoms with Gasteiger partial charge >= 0.3 is 0 Å². The number of hydrogen-bond donors (Lipinski definition) is 2. The molecule has 1 heterocycles. The second kappa shape index (κ2) is 5.11. The predicted octanol–water partition coefficient (Wildman–Crippen LogP) is 4.11. The summed E-state index contributed by atoms with van der Waals surface area (Å²) in [5, 5.41) is 3.16. The number of nitrogens with one attached hydrogen (secondary N) is 2. The second-order valence-electron chi connectivity index (χ2n) is 4.06. The minimum atomic E-state index is 0.582. The van der Waals surface area contributed by atoms with Gasteiger partial charge in [-0.25, -0.2) is 4.98 Å². The number of aromatic nitrogens is 2. The van der Waals surface area contributed by atoms with Gasteiger partial charge < -0.3 is 10.3 Å². The third-order valence-electron chi connectivity index (χ3n) is 2.71. The Morgan fingerprint density at radius 2 is 1.84 bits per heavy atom. The van der Waals surface area contributed by atoms with Gasteiger partial charge in [0.2, 0.25) is 0 Å². The number of fused-ring (bicyclic) bond motifs is 1. The van der Waals surface area contributed by atoms with Crippen LogP contribution in [0.15, 0.2) is 53.0 Å². The third-order valence-corrected chi connectivity index (χ3v) is 3.53. The van der Waals surface area contributed by atoms with E-state index in [1.807, 2.05) is 48.5 Å². The van der Waals surface area contributed by atoms with Crippen LogP contribution in [0.4, 0.5) is 5.69 Å². The Morgan fingerprint density at radius 3 is 2.58 bits per heavy atom. The van der Waals surface area contributed by atoms with E-state index in [1.54, 1.807) is 0 Å². The highest BCUT2D eigenvalue weighted by Crippen LogP contribution is 2.16. The van der Waals surface area contributed by atoms with Crippen LogP contribution < -0.4 is 5.32 Å². The fraction of sp³-hybridized carbons (Fsp3) is 0. The van der Waals surface area contributed by atoms with E-state index in [2.05, 4.69) is 31.2 Å². The highest BCUT2D eigenvalue weighted by Gasteiger charge is 2.07. The van der Waals surface area contributed by atoms with Crippen LogP contribution in [0.5, 0.6) is 0 Å². The molecule has 0 aliphatic carbocycles. The van der Waals surface area contributed by atoms with Crippen LogP contribution in [0, 0.1) is 0 Å². The van der Waals surface area contributed by atoms with Crippen molar-refractivity contribution in [1.82, 2.24) is 9.97 Å². The van der Waals surface area contributed by atoms with Gasteiger partial charge in [0.15, 0.2) is 5.82 Å². The molecule has 0 aliphatic heterocycles. The maximum absolute atomic E-state index is 5.36. The lowest BCUT2D eigenvalue weighted by Crippen LogP contribution is -2.12. The molecule has 0 spiro atoms. The first-order valence-corrected chi connectivity index (χ1v) is 6.94. The molecule has 3 rings (SSSR count). The van der Waals surface area contributed by atoms with E-state index in [0.29, 0.717) is 10.8 Å². The number of rotatable bonds is 2. The molecule has 0 radical (unpaired) electrons. The monoisotopic (exact) mass is 331 g/mol. The van der Waals surface area contributed by atoms with Crippen LogP contribution in [0.1, 0.15) is 5.82 Å². The summed E-state index contributed by atoms with van der Waals surface area (Å²) >= 11 is 8.76. The number of thiocarbonyl (C=S) groups is 1. The van der Waals surface area contributed by atoms with Gasteiger partial charge in [0, 0.05) is 10.2 Å². The zero-order valence-electron chi connectivity index (χ0n) is 9.85. The molecule has 0 atom stereocenters. The average molecular weight is 332 g/mol.